The van der Waals surface area contributed by atoms with Gasteiger partial charge in [-0.05, 0) is 12.1 Å². The fourth-order valence-electron chi connectivity index (χ4n) is 0.873. The predicted octanol–water partition coefficient (Wildman–Crippen LogP) is 0.720. The number of anilines is 2. The van der Waals surface area contributed by atoms with Crippen LogP contribution >= 0.6 is 0 Å². The van der Waals surface area contributed by atoms with Crippen LogP contribution in [0.4, 0.5) is 11.4 Å². The Morgan fingerprint density at radius 1 is 1.33 bits per heavy atom. The second-order valence-electron chi connectivity index (χ2n) is 2.32. The number of nitriles is 1. The topological polar surface area (TPSA) is 99.7 Å². The van der Waals surface area contributed by atoms with Crippen molar-refractivity contribution in [3.8, 4) is 6.07 Å². The minimum Gasteiger partial charge on any atom is -0.398 e. The molecule has 0 spiro atoms. The summed E-state index contributed by atoms with van der Waals surface area (Å²) in [5, 5.41) is 15.6. The Bertz CT molecular complexity index is 362. The number of nitrogens with one attached hydrogen (secondary N) is 1. The fraction of sp³-hybridized carbons (Fsp3) is 0. The van der Waals surface area contributed by atoms with E-state index in [0.717, 1.165) is 6.21 Å². The normalized spacial score (nSPS) is 8.92. The van der Waals surface area contributed by atoms with Gasteiger partial charge in [0.2, 0.25) is 0 Å². The molecule has 1 aromatic rings. The molecule has 1 aromatic carbocycles. The summed E-state index contributed by atoms with van der Waals surface area (Å²) >= 11 is 0. The van der Waals surface area contributed by atoms with Gasteiger partial charge in [0.05, 0.1) is 11.3 Å². The summed E-state index contributed by atoms with van der Waals surface area (Å²) in [5.41, 5.74) is 12.6. The molecule has 0 heterocycles. The molecule has 4 heteroatoms. The Kier molecular flexibility index (Phi) is 1.97. The van der Waals surface area contributed by atoms with Crippen LogP contribution in [0.25, 0.3) is 0 Å². The summed E-state index contributed by atoms with van der Waals surface area (Å²) in [4.78, 5) is 0. The van der Waals surface area contributed by atoms with Crippen molar-refractivity contribution >= 4 is 17.6 Å². The molecule has 0 bridgehead atoms. The van der Waals surface area contributed by atoms with Crippen LogP contribution < -0.4 is 11.5 Å². The van der Waals surface area contributed by atoms with E-state index in [1.54, 1.807) is 0 Å². The monoisotopic (exact) mass is 160 g/mol. The number of hydrogen-bond donors (Lipinski definition) is 3. The molecule has 4 nitrogen and oxygen atoms in total. The highest BCUT2D eigenvalue weighted by atomic mass is 14.6. The summed E-state index contributed by atoms with van der Waals surface area (Å²) in [7, 11) is 0. The van der Waals surface area contributed by atoms with Gasteiger partial charge in [-0.25, -0.2) is 0 Å². The molecule has 0 saturated carbocycles. The highest BCUT2D eigenvalue weighted by molar-refractivity contribution is 5.87. The second kappa shape index (κ2) is 2.93. The van der Waals surface area contributed by atoms with Crippen LogP contribution in [0.2, 0.25) is 0 Å². The van der Waals surface area contributed by atoms with E-state index < -0.39 is 0 Å². The smallest absolute Gasteiger partial charge is 0.101 e. The molecule has 0 unspecified atom stereocenters. The largest absolute Gasteiger partial charge is 0.398 e. The third-order valence-electron chi connectivity index (χ3n) is 1.53. The fourth-order valence-corrected chi connectivity index (χ4v) is 0.873. The third kappa shape index (κ3) is 1.20. The lowest BCUT2D eigenvalue weighted by molar-refractivity contribution is 1.47. The lowest BCUT2D eigenvalue weighted by Crippen LogP contribution is -1.98. The van der Waals surface area contributed by atoms with E-state index in [9.17, 15) is 0 Å². The molecule has 0 amide bonds. The third-order valence-corrected chi connectivity index (χ3v) is 1.53. The Morgan fingerprint density at radius 3 is 2.50 bits per heavy atom. The quantitative estimate of drug-likeness (QED) is 0.416. The molecule has 0 fully saturated rings. The molecule has 0 aromatic heterocycles. The van der Waals surface area contributed by atoms with Gasteiger partial charge in [-0.3, -0.25) is 0 Å². The molecule has 1 rings (SSSR count). The van der Waals surface area contributed by atoms with Gasteiger partial charge < -0.3 is 16.9 Å². The summed E-state index contributed by atoms with van der Waals surface area (Å²) in [5.74, 6) is 0. The van der Waals surface area contributed by atoms with Gasteiger partial charge in [-0.1, -0.05) is 0 Å². The molecule has 12 heavy (non-hydrogen) atoms. The van der Waals surface area contributed by atoms with E-state index in [1.807, 2.05) is 6.07 Å². The number of nitrogen functional groups attached to an aromatic ring is 2. The molecular formula is C8H8N4. The van der Waals surface area contributed by atoms with Gasteiger partial charge in [0, 0.05) is 17.5 Å². The van der Waals surface area contributed by atoms with E-state index >= 15 is 0 Å². The first kappa shape index (κ1) is 8.08. The zero-order valence-electron chi connectivity index (χ0n) is 6.33. The van der Waals surface area contributed by atoms with Gasteiger partial charge >= 0.3 is 0 Å². The van der Waals surface area contributed by atoms with Crippen molar-refractivity contribution in [1.82, 2.24) is 0 Å². The lowest BCUT2D eigenvalue weighted by Gasteiger charge is -2.02. The average Bonchev–Trinajstić information content (AvgIpc) is 2.05. The van der Waals surface area contributed by atoms with Crippen molar-refractivity contribution in [2.24, 2.45) is 0 Å². The first-order valence-corrected chi connectivity index (χ1v) is 3.28. The van der Waals surface area contributed by atoms with Crippen LogP contribution in [-0.2, 0) is 0 Å². The number of nitrogens with zero attached hydrogens (tertiary/aromatic N) is 1. The molecule has 60 valence electrons. The number of benzene rings is 1. The zero-order valence-corrected chi connectivity index (χ0v) is 6.33. The Labute approximate surface area is 69.9 Å². The first-order chi connectivity index (χ1) is 5.69. The van der Waals surface area contributed by atoms with Gasteiger partial charge in [-0.2, -0.15) is 5.26 Å². The molecule has 0 aliphatic heterocycles. The van der Waals surface area contributed by atoms with Crippen molar-refractivity contribution in [2.45, 2.75) is 0 Å². The maximum atomic E-state index is 8.58. The van der Waals surface area contributed by atoms with E-state index in [1.165, 1.54) is 12.1 Å². The van der Waals surface area contributed by atoms with Crippen molar-refractivity contribution in [1.29, 1.82) is 10.7 Å². The maximum absolute atomic E-state index is 8.58. The molecule has 0 radical (unpaired) electrons. The average molecular weight is 160 g/mol. The summed E-state index contributed by atoms with van der Waals surface area (Å²) in [6, 6.07) is 4.90. The summed E-state index contributed by atoms with van der Waals surface area (Å²) in [6.07, 6.45) is 1.09. The SMILES string of the molecule is N#Cc1cc(C=N)c(N)cc1N. The summed E-state index contributed by atoms with van der Waals surface area (Å²) in [6.45, 7) is 0. The van der Waals surface area contributed by atoms with E-state index in [4.69, 9.17) is 22.1 Å². The second-order valence-corrected chi connectivity index (χ2v) is 2.32. The van der Waals surface area contributed by atoms with E-state index in [2.05, 4.69) is 0 Å². The summed E-state index contributed by atoms with van der Waals surface area (Å²) < 4.78 is 0. The molecule has 0 aliphatic carbocycles. The molecule has 0 saturated heterocycles. The standard InChI is InChI=1S/C8H8N4/c9-3-5-1-6(4-10)8(12)2-7(5)11/h1-3,9H,11-12H2. The van der Waals surface area contributed by atoms with Crippen LogP contribution in [0.1, 0.15) is 11.1 Å². The van der Waals surface area contributed by atoms with Gasteiger partial charge in [0.25, 0.3) is 0 Å². The first-order valence-electron chi connectivity index (χ1n) is 3.28. The van der Waals surface area contributed by atoms with Crippen LogP contribution in [0.5, 0.6) is 0 Å². The number of rotatable bonds is 1. The van der Waals surface area contributed by atoms with Gasteiger partial charge in [0.1, 0.15) is 6.07 Å². The van der Waals surface area contributed by atoms with Crippen molar-refractivity contribution < 1.29 is 0 Å². The zero-order chi connectivity index (χ0) is 9.14. The van der Waals surface area contributed by atoms with Gasteiger partial charge in [-0.15, -0.1) is 0 Å². The van der Waals surface area contributed by atoms with Crippen molar-refractivity contribution in [3.05, 3.63) is 23.3 Å². The van der Waals surface area contributed by atoms with E-state index in [-0.39, 0.29) is 0 Å². The minimum atomic E-state index is 0.348. The van der Waals surface area contributed by atoms with E-state index in [0.29, 0.717) is 22.5 Å². The minimum absolute atomic E-state index is 0.348. The Balaban J connectivity index is 3.39. The lowest BCUT2D eigenvalue weighted by atomic mass is 10.1. The van der Waals surface area contributed by atoms with Crippen LogP contribution in [0, 0.1) is 16.7 Å². The van der Waals surface area contributed by atoms with Crippen LogP contribution in [0.3, 0.4) is 0 Å². The number of nitrogens with two attached hydrogens (primary N) is 2. The highest BCUT2D eigenvalue weighted by Crippen LogP contribution is 2.18. The van der Waals surface area contributed by atoms with Crippen molar-refractivity contribution in [2.75, 3.05) is 11.5 Å². The Morgan fingerprint density at radius 2 is 2.00 bits per heavy atom. The maximum Gasteiger partial charge on any atom is 0.101 e. The van der Waals surface area contributed by atoms with Crippen molar-refractivity contribution in [3.63, 3.8) is 0 Å². The van der Waals surface area contributed by atoms with Gasteiger partial charge in [0.15, 0.2) is 0 Å². The van der Waals surface area contributed by atoms with Crippen LogP contribution in [0.15, 0.2) is 12.1 Å². The number of hydrogen-bond acceptors (Lipinski definition) is 4. The Hall–Kier alpha value is -2.02. The molecule has 5 N–H and O–H groups in total. The molecular weight excluding hydrogens is 152 g/mol. The van der Waals surface area contributed by atoms with Crippen LogP contribution in [-0.4, -0.2) is 6.21 Å². The highest BCUT2D eigenvalue weighted by Gasteiger charge is 2.02. The molecule has 0 aliphatic rings. The molecule has 0 atom stereocenters. The predicted molar refractivity (Wildman–Crippen MR) is 47.9 cm³/mol.